The van der Waals surface area contributed by atoms with E-state index in [0.717, 1.165) is 17.7 Å². The molecule has 0 atom stereocenters. The molecule has 2 rings (SSSR count). The van der Waals surface area contributed by atoms with Crippen molar-refractivity contribution >= 4 is 5.78 Å². The van der Waals surface area contributed by atoms with Gasteiger partial charge in [0.05, 0.1) is 5.56 Å². The molecule has 0 amide bonds. The molecule has 0 N–H and O–H groups in total. The van der Waals surface area contributed by atoms with Crippen LogP contribution in [0.25, 0.3) is 0 Å². The van der Waals surface area contributed by atoms with E-state index >= 15 is 0 Å². The Balaban J connectivity index is 1.96. The van der Waals surface area contributed by atoms with Crippen molar-refractivity contribution in [1.29, 1.82) is 0 Å². The zero-order chi connectivity index (χ0) is 13.2. The third-order valence-electron chi connectivity index (χ3n) is 3.10. The smallest absolute Gasteiger partial charge is 0.300 e. The molecule has 0 spiro atoms. The Kier molecular flexibility index (Phi) is 3.71. The summed E-state index contributed by atoms with van der Waals surface area (Å²) in [5.74, 6) is 0.263. The van der Waals surface area contributed by atoms with Crippen LogP contribution in [-0.4, -0.2) is 23.8 Å². The molecule has 0 bridgehead atoms. The Morgan fingerprint density at radius 2 is 1.61 bits per heavy atom. The minimum atomic E-state index is -4.28. The second-order valence-corrected chi connectivity index (χ2v) is 4.51. The average molecular weight is 257 g/mol. The number of carbonyl (C=O) groups excluding carboxylic acids is 1. The first-order chi connectivity index (χ1) is 8.45. The fourth-order valence-electron chi connectivity index (χ4n) is 2.02. The van der Waals surface area contributed by atoms with Crippen molar-refractivity contribution in [3.05, 3.63) is 35.4 Å². The fourth-order valence-corrected chi connectivity index (χ4v) is 2.02. The summed E-state index contributed by atoms with van der Waals surface area (Å²) < 4.78 is 37.1. The lowest BCUT2D eigenvalue weighted by molar-refractivity contribution is -0.137. The molecule has 98 valence electrons. The molecule has 0 aromatic heterocycles. The third-order valence-corrected chi connectivity index (χ3v) is 3.10. The van der Waals surface area contributed by atoms with Crippen LogP contribution < -0.4 is 0 Å². The van der Waals surface area contributed by atoms with Crippen molar-refractivity contribution in [3.8, 4) is 0 Å². The van der Waals surface area contributed by atoms with Crippen LogP contribution in [-0.2, 0) is 17.5 Å². The van der Waals surface area contributed by atoms with Crippen LogP contribution in [0.4, 0.5) is 13.2 Å². The molecule has 1 heterocycles. The van der Waals surface area contributed by atoms with Crippen LogP contribution in [0.2, 0.25) is 0 Å². The van der Waals surface area contributed by atoms with Crippen molar-refractivity contribution < 1.29 is 18.0 Å². The van der Waals surface area contributed by atoms with Crippen LogP contribution in [0.5, 0.6) is 0 Å². The predicted molar refractivity (Wildman–Crippen MR) is 61.0 cm³/mol. The number of piperidine rings is 1. The minimum absolute atomic E-state index is 0.263. The van der Waals surface area contributed by atoms with E-state index < -0.39 is 11.7 Å². The normalized spacial score (nSPS) is 18.1. The molecule has 18 heavy (non-hydrogen) atoms. The van der Waals surface area contributed by atoms with Gasteiger partial charge in [-0.1, -0.05) is 12.1 Å². The molecular formula is C13H14F3NO. The van der Waals surface area contributed by atoms with Gasteiger partial charge in [-0.05, 0) is 17.7 Å². The molecular weight excluding hydrogens is 243 g/mol. The highest BCUT2D eigenvalue weighted by Gasteiger charge is 2.30. The summed E-state index contributed by atoms with van der Waals surface area (Å²) in [5.41, 5.74) is 0.220. The Morgan fingerprint density at radius 1 is 1.06 bits per heavy atom. The van der Waals surface area contributed by atoms with E-state index in [1.165, 1.54) is 12.1 Å². The molecule has 2 nitrogen and oxygen atoms in total. The van der Waals surface area contributed by atoms with Crippen LogP contribution in [0, 0.1) is 0 Å². The van der Waals surface area contributed by atoms with E-state index in [1.807, 2.05) is 0 Å². The molecule has 0 unspecified atom stereocenters. The maximum Gasteiger partial charge on any atom is 0.416 e. The Morgan fingerprint density at radius 3 is 2.11 bits per heavy atom. The highest BCUT2D eigenvalue weighted by Crippen LogP contribution is 2.29. The van der Waals surface area contributed by atoms with Gasteiger partial charge in [0.2, 0.25) is 0 Å². The average Bonchev–Trinajstić information content (AvgIpc) is 2.32. The van der Waals surface area contributed by atoms with Crippen LogP contribution >= 0.6 is 0 Å². The van der Waals surface area contributed by atoms with E-state index in [4.69, 9.17) is 0 Å². The third kappa shape index (κ3) is 3.32. The number of hydrogen-bond acceptors (Lipinski definition) is 2. The summed E-state index contributed by atoms with van der Waals surface area (Å²) in [4.78, 5) is 13.2. The molecule has 1 aliphatic heterocycles. The van der Waals surface area contributed by atoms with Crippen LogP contribution in [0.1, 0.15) is 24.0 Å². The van der Waals surface area contributed by atoms with Gasteiger partial charge >= 0.3 is 6.18 Å². The molecule has 1 aromatic rings. The van der Waals surface area contributed by atoms with Crippen molar-refractivity contribution in [3.63, 3.8) is 0 Å². The number of ketones is 1. The summed E-state index contributed by atoms with van der Waals surface area (Å²) in [6.07, 6.45) is -3.20. The summed E-state index contributed by atoms with van der Waals surface area (Å²) in [5, 5.41) is 0. The minimum Gasteiger partial charge on any atom is -0.300 e. The molecule has 0 saturated carbocycles. The van der Waals surface area contributed by atoms with Gasteiger partial charge in [0, 0.05) is 32.5 Å². The summed E-state index contributed by atoms with van der Waals surface area (Å²) in [6.45, 7) is 1.99. The molecule has 1 aliphatic rings. The molecule has 5 heteroatoms. The lowest BCUT2D eigenvalue weighted by Gasteiger charge is -2.25. The molecule has 1 saturated heterocycles. The highest BCUT2D eigenvalue weighted by atomic mass is 19.4. The van der Waals surface area contributed by atoms with Gasteiger partial charge in [0.15, 0.2) is 0 Å². The maximum atomic E-state index is 12.4. The topological polar surface area (TPSA) is 20.3 Å². The molecule has 1 aromatic carbocycles. The van der Waals surface area contributed by atoms with Gasteiger partial charge in [0.25, 0.3) is 0 Å². The predicted octanol–water partition coefficient (Wildman–Crippen LogP) is 2.87. The van der Waals surface area contributed by atoms with E-state index in [2.05, 4.69) is 4.90 Å². The number of carbonyl (C=O) groups is 1. The Bertz CT molecular complexity index is 415. The SMILES string of the molecule is O=C1CCN(Cc2ccc(C(F)(F)F)cc2)CC1. The number of likely N-dealkylation sites (tertiary alicyclic amines) is 1. The molecule has 1 fully saturated rings. The highest BCUT2D eigenvalue weighted by molar-refractivity contribution is 5.79. The summed E-state index contributed by atoms with van der Waals surface area (Å²) >= 11 is 0. The van der Waals surface area contributed by atoms with Crippen LogP contribution in [0.3, 0.4) is 0 Å². The quantitative estimate of drug-likeness (QED) is 0.812. The van der Waals surface area contributed by atoms with E-state index in [1.54, 1.807) is 0 Å². The van der Waals surface area contributed by atoms with Gasteiger partial charge in [-0.2, -0.15) is 13.2 Å². The Hall–Kier alpha value is -1.36. The molecule has 0 aliphatic carbocycles. The van der Waals surface area contributed by atoms with Gasteiger partial charge < -0.3 is 0 Å². The maximum absolute atomic E-state index is 12.4. The number of alkyl halides is 3. The number of halogens is 3. The van der Waals surface area contributed by atoms with Gasteiger partial charge in [-0.25, -0.2) is 0 Å². The van der Waals surface area contributed by atoms with Crippen molar-refractivity contribution in [2.45, 2.75) is 25.6 Å². The lowest BCUT2D eigenvalue weighted by Crippen LogP contribution is -2.33. The van der Waals surface area contributed by atoms with E-state index in [0.29, 0.717) is 32.5 Å². The number of rotatable bonds is 2. The number of hydrogen-bond donors (Lipinski definition) is 0. The fraction of sp³-hybridized carbons (Fsp3) is 0.462. The lowest BCUT2D eigenvalue weighted by atomic mass is 10.1. The number of Topliss-reactive ketones (excluding diaryl/α,β-unsaturated/α-hetero) is 1. The van der Waals surface area contributed by atoms with Gasteiger partial charge in [-0.15, -0.1) is 0 Å². The van der Waals surface area contributed by atoms with Crippen LogP contribution in [0.15, 0.2) is 24.3 Å². The molecule has 0 radical (unpaired) electrons. The first-order valence-corrected chi connectivity index (χ1v) is 5.85. The zero-order valence-electron chi connectivity index (χ0n) is 9.83. The number of benzene rings is 1. The first kappa shape index (κ1) is 13.1. The van der Waals surface area contributed by atoms with E-state index in [9.17, 15) is 18.0 Å². The summed E-state index contributed by atoms with van der Waals surface area (Å²) in [6, 6.07) is 5.20. The van der Waals surface area contributed by atoms with Crippen molar-refractivity contribution in [1.82, 2.24) is 4.90 Å². The van der Waals surface area contributed by atoms with E-state index in [-0.39, 0.29) is 5.78 Å². The second kappa shape index (κ2) is 5.10. The standard InChI is InChI=1S/C13H14F3NO/c14-13(15,16)11-3-1-10(2-4-11)9-17-7-5-12(18)6-8-17/h1-4H,5-9H2. The summed E-state index contributed by atoms with van der Waals surface area (Å²) in [7, 11) is 0. The monoisotopic (exact) mass is 257 g/mol. The Labute approximate surface area is 103 Å². The second-order valence-electron chi connectivity index (χ2n) is 4.51. The number of nitrogens with zero attached hydrogens (tertiary/aromatic N) is 1. The van der Waals surface area contributed by atoms with Crippen molar-refractivity contribution in [2.75, 3.05) is 13.1 Å². The van der Waals surface area contributed by atoms with Gasteiger partial charge in [0.1, 0.15) is 5.78 Å². The van der Waals surface area contributed by atoms with Gasteiger partial charge in [-0.3, -0.25) is 9.69 Å². The zero-order valence-corrected chi connectivity index (χ0v) is 9.83. The van der Waals surface area contributed by atoms with Crippen molar-refractivity contribution in [2.24, 2.45) is 0 Å². The largest absolute Gasteiger partial charge is 0.416 e. The first-order valence-electron chi connectivity index (χ1n) is 5.85.